The molecule has 2 unspecified atom stereocenters. The Morgan fingerprint density at radius 3 is 1.53 bits per heavy atom. The molecule has 94 valence electrons. The lowest BCUT2D eigenvalue weighted by Crippen LogP contribution is -2.46. The summed E-state index contributed by atoms with van der Waals surface area (Å²) in [5, 5.41) is 19.3. The van der Waals surface area contributed by atoms with Gasteiger partial charge in [-0.25, -0.2) is 4.79 Å². The number of carboxylic acid groups (broad SMARTS) is 1. The molecular weight excluding hydrogens is 222 g/mol. The zero-order chi connectivity index (χ0) is 13.3. The molecule has 0 aliphatic rings. The van der Waals surface area contributed by atoms with E-state index in [0.29, 0.717) is 0 Å². The molecular formula is C12H17NO4. The second kappa shape index (κ2) is 8.29. The van der Waals surface area contributed by atoms with Crippen LogP contribution in [0.2, 0.25) is 0 Å². The number of rotatable bonds is 3. The van der Waals surface area contributed by atoms with E-state index in [1.165, 1.54) is 13.8 Å². The van der Waals surface area contributed by atoms with E-state index in [1.54, 1.807) is 0 Å². The maximum Gasteiger partial charge on any atom is 0.328 e. The number of carbonyl (C=O) groups excluding carboxylic acids is 1. The number of aliphatic hydroxyl groups excluding tert-OH is 1. The van der Waals surface area contributed by atoms with E-state index >= 15 is 0 Å². The standard InChI is InChI=1S/C6H11NO4.C6H6/c1-3(8)5(6(10)11)7-4(2)9;1-2-4-6-5-3-1/h3,5,8H,1-2H3,(H,7,9)(H,10,11);1-6H. The molecule has 0 heterocycles. The minimum Gasteiger partial charge on any atom is -0.480 e. The predicted molar refractivity (Wildman–Crippen MR) is 63.4 cm³/mol. The number of hydrogen-bond acceptors (Lipinski definition) is 3. The van der Waals surface area contributed by atoms with Crippen LogP contribution in [-0.4, -0.2) is 34.2 Å². The molecule has 1 amide bonds. The summed E-state index contributed by atoms with van der Waals surface area (Å²) in [6, 6.07) is 10.8. The lowest BCUT2D eigenvalue weighted by Gasteiger charge is -2.15. The first-order valence-corrected chi connectivity index (χ1v) is 5.13. The van der Waals surface area contributed by atoms with Gasteiger partial charge >= 0.3 is 5.97 Å². The topological polar surface area (TPSA) is 86.6 Å². The van der Waals surface area contributed by atoms with E-state index in [9.17, 15) is 9.59 Å². The molecule has 0 aliphatic carbocycles. The normalized spacial score (nSPS) is 12.6. The van der Waals surface area contributed by atoms with Crippen molar-refractivity contribution >= 4 is 11.9 Å². The Bertz CT molecular complexity index is 311. The highest BCUT2D eigenvalue weighted by atomic mass is 16.4. The molecule has 0 fully saturated rings. The zero-order valence-electron chi connectivity index (χ0n) is 9.83. The van der Waals surface area contributed by atoms with Crippen molar-refractivity contribution in [1.82, 2.24) is 5.32 Å². The summed E-state index contributed by atoms with van der Waals surface area (Å²) < 4.78 is 0. The van der Waals surface area contributed by atoms with E-state index in [2.05, 4.69) is 5.32 Å². The molecule has 5 nitrogen and oxygen atoms in total. The molecule has 0 aromatic heterocycles. The van der Waals surface area contributed by atoms with Crippen LogP contribution in [0.25, 0.3) is 0 Å². The molecule has 0 radical (unpaired) electrons. The van der Waals surface area contributed by atoms with Gasteiger partial charge in [0.15, 0.2) is 6.04 Å². The van der Waals surface area contributed by atoms with Gasteiger partial charge < -0.3 is 15.5 Å². The Morgan fingerprint density at radius 1 is 1.06 bits per heavy atom. The Morgan fingerprint density at radius 2 is 1.41 bits per heavy atom. The molecule has 0 spiro atoms. The second-order valence-corrected chi connectivity index (χ2v) is 3.41. The highest BCUT2D eigenvalue weighted by molar-refractivity contribution is 5.82. The van der Waals surface area contributed by atoms with Gasteiger partial charge in [0.05, 0.1) is 6.10 Å². The maximum atomic E-state index is 10.4. The fourth-order valence-corrected chi connectivity index (χ4v) is 0.993. The zero-order valence-corrected chi connectivity index (χ0v) is 9.83. The first-order valence-electron chi connectivity index (χ1n) is 5.13. The third-order valence-corrected chi connectivity index (χ3v) is 1.77. The number of amides is 1. The summed E-state index contributed by atoms with van der Waals surface area (Å²) in [6.07, 6.45) is -1.09. The van der Waals surface area contributed by atoms with Crippen molar-refractivity contribution in [2.24, 2.45) is 0 Å². The third-order valence-electron chi connectivity index (χ3n) is 1.77. The summed E-state index contributed by atoms with van der Waals surface area (Å²) in [7, 11) is 0. The monoisotopic (exact) mass is 239 g/mol. The summed E-state index contributed by atoms with van der Waals surface area (Å²) in [6.45, 7) is 2.49. The van der Waals surface area contributed by atoms with Crippen LogP contribution in [0.15, 0.2) is 36.4 Å². The lowest BCUT2D eigenvalue weighted by atomic mass is 10.2. The van der Waals surface area contributed by atoms with Gasteiger partial charge in [-0.3, -0.25) is 4.79 Å². The number of carboxylic acids is 1. The quantitative estimate of drug-likeness (QED) is 0.722. The van der Waals surface area contributed by atoms with Crippen LogP contribution in [0.3, 0.4) is 0 Å². The van der Waals surface area contributed by atoms with Crippen LogP contribution in [0.1, 0.15) is 13.8 Å². The van der Waals surface area contributed by atoms with Crippen LogP contribution >= 0.6 is 0 Å². The molecule has 0 aliphatic heterocycles. The summed E-state index contributed by atoms with van der Waals surface area (Å²) in [4.78, 5) is 20.7. The van der Waals surface area contributed by atoms with Crippen molar-refractivity contribution in [2.45, 2.75) is 26.0 Å². The van der Waals surface area contributed by atoms with Crippen LogP contribution in [0.5, 0.6) is 0 Å². The Labute approximate surface area is 100 Å². The second-order valence-electron chi connectivity index (χ2n) is 3.41. The number of hydrogen-bond donors (Lipinski definition) is 3. The first kappa shape index (κ1) is 15.1. The van der Waals surface area contributed by atoms with Crippen LogP contribution in [0, 0.1) is 0 Å². The average Bonchev–Trinajstić information content (AvgIpc) is 2.28. The van der Waals surface area contributed by atoms with Gasteiger partial charge in [0, 0.05) is 6.92 Å². The molecule has 1 rings (SSSR count). The number of aliphatic carboxylic acids is 1. The van der Waals surface area contributed by atoms with E-state index in [1.807, 2.05) is 36.4 Å². The minimum absolute atomic E-state index is 0.474. The highest BCUT2D eigenvalue weighted by Gasteiger charge is 2.23. The molecule has 0 saturated carbocycles. The van der Waals surface area contributed by atoms with Gasteiger partial charge in [0.25, 0.3) is 0 Å². The van der Waals surface area contributed by atoms with Crippen molar-refractivity contribution in [2.75, 3.05) is 0 Å². The molecule has 5 heteroatoms. The van der Waals surface area contributed by atoms with Crippen molar-refractivity contribution in [1.29, 1.82) is 0 Å². The third kappa shape index (κ3) is 7.98. The maximum absolute atomic E-state index is 10.4. The molecule has 3 N–H and O–H groups in total. The SMILES string of the molecule is CC(=O)NC(C(=O)O)C(C)O.c1ccccc1. The number of nitrogens with one attached hydrogen (secondary N) is 1. The van der Waals surface area contributed by atoms with Crippen LogP contribution in [-0.2, 0) is 9.59 Å². The largest absolute Gasteiger partial charge is 0.480 e. The van der Waals surface area contributed by atoms with Crippen LogP contribution < -0.4 is 5.32 Å². The van der Waals surface area contributed by atoms with E-state index in [4.69, 9.17) is 10.2 Å². The number of benzene rings is 1. The molecule has 0 saturated heterocycles. The average molecular weight is 239 g/mol. The predicted octanol–water partition coefficient (Wildman–Crippen LogP) is 0.643. The Hall–Kier alpha value is -1.88. The van der Waals surface area contributed by atoms with Crippen LogP contribution in [0.4, 0.5) is 0 Å². The summed E-state index contributed by atoms with van der Waals surface area (Å²) in [5.41, 5.74) is 0. The van der Waals surface area contributed by atoms with Crippen molar-refractivity contribution in [3.05, 3.63) is 36.4 Å². The van der Waals surface area contributed by atoms with Crippen molar-refractivity contribution < 1.29 is 19.8 Å². The smallest absolute Gasteiger partial charge is 0.328 e. The van der Waals surface area contributed by atoms with Gasteiger partial charge in [-0.15, -0.1) is 0 Å². The highest BCUT2D eigenvalue weighted by Crippen LogP contribution is 1.91. The molecule has 2 atom stereocenters. The fraction of sp³-hybridized carbons (Fsp3) is 0.333. The van der Waals surface area contributed by atoms with Gasteiger partial charge in [0.1, 0.15) is 0 Å². The molecule has 0 bridgehead atoms. The molecule has 1 aromatic carbocycles. The fourth-order valence-electron chi connectivity index (χ4n) is 0.993. The number of carbonyl (C=O) groups is 2. The summed E-state index contributed by atoms with van der Waals surface area (Å²) >= 11 is 0. The first-order chi connectivity index (χ1) is 7.95. The van der Waals surface area contributed by atoms with E-state index in [-0.39, 0.29) is 0 Å². The lowest BCUT2D eigenvalue weighted by molar-refractivity contribution is -0.144. The molecule has 1 aromatic rings. The number of aliphatic hydroxyl groups is 1. The molecule has 17 heavy (non-hydrogen) atoms. The van der Waals surface area contributed by atoms with Crippen molar-refractivity contribution in [3.63, 3.8) is 0 Å². The van der Waals surface area contributed by atoms with Gasteiger partial charge in [-0.1, -0.05) is 36.4 Å². The van der Waals surface area contributed by atoms with E-state index in [0.717, 1.165) is 0 Å². The van der Waals surface area contributed by atoms with Crippen molar-refractivity contribution in [3.8, 4) is 0 Å². The Balaban J connectivity index is 0.000000354. The van der Waals surface area contributed by atoms with Gasteiger partial charge in [-0.2, -0.15) is 0 Å². The minimum atomic E-state index is -1.24. The Kier molecular flexibility index (Phi) is 7.38. The summed E-state index contributed by atoms with van der Waals surface area (Å²) in [5.74, 6) is -1.71. The van der Waals surface area contributed by atoms with Gasteiger partial charge in [-0.05, 0) is 6.92 Å². The van der Waals surface area contributed by atoms with Gasteiger partial charge in [0.2, 0.25) is 5.91 Å². The van der Waals surface area contributed by atoms with E-state index < -0.39 is 24.0 Å².